The van der Waals surface area contributed by atoms with E-state index >= 15 is 0 Å². The molecule has 0 atom stereocenters. The van der Waals surface area contributed by atoms with Crippen LogP contribution < -0.4 is 9.64 Å². The molecule has 0 bridgehead atoms. The van der Waals surface area contributed by atoms with Gasteiger partial charge < -0.3 is 4.74 Å². The first-order chi connectivity index (χ1) is 12.5. The van der Waals surface area contributed by atoms with Gasteiger partial charge in [-0.1, -0.05) is 66.5 Å². The lowest BCUT2D eigenvalue weighted by molar-refractivity contribution is -0.113. The number of hydrogen-bond acceptors (Lipinski definition) is 4. The molecule has 0 aromatic heterocycles. The lowest BCUT2D eigenvalue weighted by Crippen LogP contribution is -2.28. The molecule has 0 saturated carbocycles. The third kappa shape index (κ3) is 3.89. The second-order valence-electron chi connectivity index (χ2n) is 5.98. The van der Waals surface area contributed by atoms with Crippen LogP contribution in [0.1, 0.15) is 16.7 Å². The highest BCUT2D eigenvalue weighted by Crippen LogP contribution is 2.37. The summed E-state index contributed by atoms with van der Waals surface area (Å²) >= 11 is 6.78. The predicted octanol–water partition coefficient (Wildman–Crippen LogP) is 5.27. The molecule has 0 N–H and O–H groups in total. The van der Waals surface area contributed by atoms with Crippen molar-refractivity contribution in [1.29, 1.82) is 0 Å². The first-order valence-electron chi connectivity index (χ1n) is 8.18. The van der Waals surface area contributed by atoms with Crippen LogP contribution in [-0.4, -0.2) is 16.8 Å². The number of ether oxygens (including phenoxy) is 1. The number of benzene rings is 2. The number of carbonyl (C=O) groups is 1. The molecule has 2 aromatic rings. The Hall–Kier alpha value is -2.37. The molecule has 26 heavy (non-hydrogen) atoms. The molecule has 1 amide bonds. The van der Waals surface area contributed by atoms with Crippen LogP contribution in [-0.2, 0) is 4.79 Å². The Bertz CT molecular complexity index is 901. The van der Waals surface area contributed by atoms with Gasteiger partial charge in [0.25, 0.3) is 5.91 Å². The average molecular weight is 382 g/mol. The molecule has 1 aliphatic rings. The first-order valence-corrected chi connectivity index (χ1v) is 9.41. The van der Waals surface area contributed by atoms with Crippen LogP contribution in [0.15, 0.2) is 60.0 Å². The number of hydrogen-bond donors (Lipinski definition) is 0. The molecular weight excluding hydrogens is 362 g/mol. The van der Waals surface area contributed by atoms with Gasteiger partial charge in [0.2, 0.25) is 0 Å². The van der Waals surface area contributed by atoms with E-state index in [1.165, 1.54) is 11.8 Å². The summed E-state index contributed by atoms with van der Waals surface area (Å²) in [6.07, 6.45) is 3.56. The number of rotatable bonds is 5. The van der Waals surface area contributed by atoms with E-state index in [0.717, 1.165) is 28.1 Å². The lowest BCUT2D eigenvalue weighted by atomic mass is 10.1. The van der Waals surface area contributed by atoms with Crippen molar-refractivity contribution in [3.63, 3.8) is 0 Å². The number of anilines is 1. The number of amides is 1. The molecule has 5 heteroatoms. The van der Waals surface area contributed by atoms with Crippen LogP contribution in [0.5, 0.6) is 5.75 Å². The summed E-state index contributed by atoms with van der Waals surface area (Å²) in [6.45, 7) is 8.12. The average Bonchev–Trinajstić information content (AvgIpc) is 2.88. The van der Waals surface area contributed by atoms with Crippen LogP contribution in [0.4, 0.5) is 5.69 Å². The summed E-state index contributed by atoms with van der Waals surface area (Å²) in [6, 6.07) is 13.6. The fourth-order valence-corrected chi connectivity index (χ4v) is 3.98. The van der Waals surface area contributed by atoms with Crippen molar-refractivity contribution < 1.29 is 9.53 Å². The third-order valence-corrected chi connectivity index (χ3v) is 5.23. The number of carbonyl (C=O) groups excluding carboxylic acids is 1. The molecule has 0 spiro atoms. The zero-order valence-electron chi connectivity index (χ0n) is 14.7. The van der Waals surface area contributed by atoms with Gasteiger partial charge in [0.1, 0.15) is 12.4 Å². The maximum Gasteiger partial charge on any atom is 0.270 e. The highest BCUT2D eigenvalue weighted by molar-refractivity contribution is 8.27. The molecule has 1 aliphatic heterocycles. The van der Waals surface area contributed by atoms with E-state index in [9.17, 15) is 4.79 Å². The largest absolute Gasteiger partial charge is 0.490 e. The fraction of sp³-hybridized carbons (Fsp3) is 0.143. The molecule has 3 nitrogen and oxygen atoms in total. The van der Waals surface area contributed by atoms with Crippen LogP contribution in [0, 0.1) is 13.8 Å². The van der Waals surface area contributed by atoms with E-state index in [-0.39, 0.29) is 5.91 Å². The summed E-state index contributed by atoms with van der Waals surface area (Å²) < 4.78 is 6.03. The molecule has 0 radical (unpaired) electrons. The SMILES string of the molecule is C=CCOc1ccc(C=C2SC(=S)N(c3ccc(C)cc3C)C2=O)cc1. The van der Waals surface area contributed by atoms with Crippen LogP contribution in [0.25, 0.3) is 6.08 Å². The summed E-state index contributed by atoms with van der Waals surface area (Å²) in [5, 5.41) is 0. The van der Waals surface area contributed by atoms with Gasteiger partial charge in [0.15, 0.2) is 4.32 Å². The molecule has 0 aliphatic carbocycles. The van der Waals surface area contributed by atoms with Gasteiger partial charge in [-0.2, -0.15) is 0 Å². The van der Waals surface area contributed by atoms with Crippen molar-refractivity contribution >= 4 is 46.0 Å². The maximum atomic E-state index is 12.9. The molecule has 1 fully saturated rings. The Balaban J connectivity index is 1.84. The first kappa shape index (κ1) is 18.4. The van der Waals surface area contributed by atoms with Gasteiger partial charge in [-0.15, -0.1) is 0 Å². The van der Waals surface area contributed by atoms with Gasteiger partial charge in [0.05, 0.1) is 10.6 Å². The van der Waals surface area contributed by atoms with Gasteiger partial charge >= 0.3 is 0 Å². The fourth-order valence-electron chi connectivity index (χ4n) is 2.70. The smallest absolute Gasteiger partial charge is 0.270 e. The number of thiocarbonyl (C=S) groups is 1. The van der Waals surface area contributed by atoms with Crippen LogP contribution in [0.3, 0.4) is 0 Å². The molecule has 132 valence electrons. The van der Waals surface area contributed by atoms with E-state index in [0.29, 0.717) is 15.8 Å². The lowest BCUT2D eigenvalue weighted by Gasteiger charge is -2.17. The van der Waals surface area contributed by atoms with Crippen molar-refractivity contribution in [1.82, 2.24) is 0 Å². The summed E-state index contributed by atoms with van der Waals surface area (Å²) in [5.74, 6) is 0.684. The van der Waals surface area contributed by atoms with Gasteiger partial charge in [-0.05, 0) is 49.2 Å². The van der Waals surface area contributed by atoms with Crippen molar-refractivity contribution in [3.8, 4) is 5.75 Å². The Labute approximate surface area is 163 Å². The standard InChI is InChI=1S/C21H19NO2S2/c1-4-11-24-17-8-6-16(7-9-17)13-19-20(23)22(21(25)26-19)18-10-5-14(2)12-15(18)3/h4-10,12-13H,1,11H2,2-3H3. The third-order valence-electron chi connectivity index (χ3n) is 3.93. The molecule has 2 aromatic carbocycles. The Morgan fingerprint density at radius 2 is 1.92 bits per heavy atom. The minimum atomic E-state index is -0.0843. The molecule has 1 heterocycles. The Kier molecular flexibility index (Phi) is 5.59. The zero-order chi connectivity index (χ0) is 18.7. The normalized spacial score (nSPS) is 15.6. The van der Waals surface area contributed by atoms with E-state index in [1.807, 2.05) is 56.3 Å². The topological polar surface area (TPSA) is 29.5 Å². The maximum absolute atomic E-state index is 12.9. The van der Waals surface area contributed by atoms with Gasteiger partial charge in [-0.25, -0.2) is 0 Å². The quantitative estimate of drug-likeness (QED) is 0.401. The van der Waals surface area contributed by atoms with Gasteiger partial charge in [0, 0.05) is 0 Å². The van der Waals surface area contributed by atoms with E-state index in [2.05, 4.69) is 12.6 Å². The molecule has 3 rings (SSSR count). The summed E-state index contributed by atoms with van der Waals surface area (Å²) in [5.41, 5.74) is 3.96. The minimum absolute atomic E-state index is 0.0843. The molecule has 1 saturated heterocycles. The second-order valence-corrected chi connectivity index (χ2v) is 7.65. The van der Waals surface area contributed by atoms with Crippen molar-refractivity contribution in [2.24, 2.45) is 0 Å². The van der Waals surface area contributed by atoms with E-state index in [1.54, 1.807) is 11.0 Å². The predicted molar refractivity (Wildman–Crippen MR) is 114 cm³/mol. The molecule has 0 unspecified atom stereocenters. The Morgan fingerprint density at radius 1 is 1.19 bits per heavy atom. The zero-order valence-corrected chi connectivity index (χ0v) is 16.3. The van der Waals surface area contributed by atoms with Crippen molar-refractivity contribution in [2.75, 3.05) is 11.5 Å². The Morgan fingerprint density at radius 3 is 2.58 bits per heavy atom. The van der Waals surface area contributed by atoms with Crippen molar-refractivity contribution in [2.45, 2.75) is 13.8 Å². The minimum Gasteiger partial charge on any atom is -0.490 e. The van der Waals surface area contributed by atoms with E-state index < -0.39 is 0 Å². The highest BCUT2D eigenvalue weighted by atomic mass is 32.2. The van der Waals surface area contributed by atoms with E-state index in [4.69, 9.17) is 17.0 Å². The van der Waals surface area contributed by atoms with Crippen LogP contribution in [0.2, 0.25) is 0 Å². The number of nitrogens with zero attached hydrogens (tertiary/aromatic N) is 1. The summed E-state index contributed by atoms with van der Waals surface area (Å²) in [7, 11) is 0. The molecular formula is C21H19NO2S2. The van der Waals surface area contributed by atoms with Crippen LogP contribution >= 0.6 is 24.0 Å². The highest BCUT2D eigenvalue weighted by Gasteiger charge is 2.33. The number of aryl methyl sites for hydroxylation is 2. The monoisotopic (exact) mass is 381 g/mol. The van der Waals surface area contributed by atoms with Gasteiger partial charge in [-0.3, -0.25) is 9.69 Å². The second kappa shape index (κ2) is 7.89. The number of thioether (sulfide) groups is 1. The summed E-state index contributed by atoms with van der Waals surface area (Å²) in [4.78, 5) is 15.1. The van der Waals surface area contributed by atoms with Crippen molar-refractivity contribution in [3.05, 3.63) is 76.7 Å².